The average molecular weight is 191 g/mol. The molecule has 0 aliphatic carbocycles. The first-order valence-electron chi connectivity index (χ1n) is 4.96. The van der Waals surface area contributed by atoms with E-state index in [9.17, 15) is 0 Å². The molecule has 1 fully saturated rings. The first kappa shape index (κ1) is 8.97. The van der Waals surface area contributed by atoms with Crippen LogP contribution in [0.5, 0.6) is 0 Å². The maximum absolute atomic E-state index is 5.78. The van der Waals surface area contributed by atoms with Crippen molar-refractivity contribution in [3.8, 4) is 0 Å². The lowest BCUT2D eigenvalue weighted by Crippen LogP contribution is -2.26. The fraction of sp³-hybridized carbons (Fsp3) is 0.455. The second-order valence-electron chi connectivity index (χ2n) is 3.51. The molecule has 1 saturated heterocycles. The van der Waals surface area contributed by atoms with Crippen LogP contribution in [-0.2, 0) is 10.5 Å². The smallest absolute Gasteiger partial charge is 0.215 e. The Morgan fingerprint density at radius 3 is 2.69 bits per heavy atom. The van der Waals surface area contributed by atoms with Crippen molar-refractivity contribution in [3.63, 3.8) is 0 Å². The highest BCUT2D eigenvalue weighted by molar-refractivity contribution is 6.51. The molecule has 1 radical (unpaired) electrons. The molecule has 1 heterocycles. The van der Waals surface area contributed by atoms with Gasteiger partial charge in [-0.15, -0.1) is 0 Å². The molecule has 69 valence electrons. The van der Waals surface area contributed by atoms with Gasteiger partial charge < -0.3 is 4.43 Å². The van der Waals surface area contributed by atoms with Gasteiger partial charge in [-0.3, -0.25) is 0 Å². The van der Waals surface area contributed by atoms with Crippen molar-refractivity contribution < 1.29 is 4.43 Å². The number of rotatable bonds is 2. The highest BCUT2D eigenvalue weighted by Gasteiger charge is 2.17. The molecule has 1 aromatic rings. The van der Waals surface area contributed by atoms with Crippen molar-refractivity contribution in [2.75, 3.05) is 6.61 Å². The Kier molecular flexibility index (Phi) is 3.16. The topological polar surface area (TPSA) is 9.23 Å². The standard InChI is InChI=1S/C11H15OSi/c1-2-6-11(7-3-1)10-13-9-5-4-8-12-13/h1-3,6-7H,4-5,8-10H2. The van der Waals surface area contributed by atoms with Crippen molar-refractivity contribution in [1.29, 1.82) is 0 Å². The van der Waals surface area contributed by atoms with E-state index in [-0.39, 0.29) is 0 Å². The van der Waals surface area contributed by atoms with Gasteiger partial charge in [-0.2, -0.15) is 0 Å². The molecule has 1 nitrogen and oxygen atoms in total. The molecule has 0 atom stereocenters. The third kappa shape index (κ3) is 2.67. The molecular formula is C11H15OSi. The predicted molar refractivity (Wildman–Crippen MR) is 55.9 cm³/mol. The molecule has 0 aromatic heterocycles. The second-order valence-corrected chi connectivity index (χ2v) is 5.73. The summed E-state index contributed by atoms with van der Waals surface area (Å²) in [5, 5.41) is 0. The minimum absolute atomic E-state index is 0.500. The van der Waals surface area contributed by atoms with E-state index in [0.29, 0.717) is 0 Å². The molecule has 0 unspecified atom stereocenters. The molecule has 0 bridgehead atoms. The van der Waals surface area contributed by atoms with Crippen LogP contribution < -0.4 is 0 Å². The summed E-state index contributed by atoms with van der Waals surface area (Å²) < 4.78 is 5.78. The van der Waals surface area contributed by atoms with Gasteiger partial charge in [0, 0.05) is 6.61 Å². The number of benzene rings is 1. The van der Waals surface area contributed by atoms with E-state index >= 15 is 0 Å². The highest BCUT2D eigenvalue weighted by Crippen LogP contribution is 2.14. The van der Waals surface area contributed by atoms with Gasteiger partial charge in [0.2, 0.25) is 9.04 Å². The molecule has 0 spiro atoms. The van der Waals surface area contributed by atoms with Crippen molar-refractivity contribution >= 4 is 9.04 Å². The van der Waals surface area contributed by atoms with E-state index in [4.69, 9.17) is 4.43 Å². The Morgan fingerprint density at radius 2 is 2.00 bits per heavy atom. The lowest BCUT2D eigenvalue weighted by Gasteiger charge is -2.20. The quantitative estimate of drug-likeness (QED) is 0.653. The van der Waals surface area contributed by atoms with E-state index in [1.807, 2.05) is 0 Å². The molecule has 2 heteroatoms. The van der Waals surface area contributed by atoms with Gasteiger partial charge in [0.25, 0.3) is 0 Å². The van der Waals surface area contributed by atoms with Gasteiger partial charge >= 0.3 is 0 Å². The Hall–Kier alpha value is -0.603. The third-order valence-corrected chi connectivity index (χ3v) is 4.73. The van der Waals surface area contributed by atoms with Gasteiger partial charge in [0.15, 0.2) is 0 Å². The third-order valence-electron chi connectivity index (χ3n) is 2.40. The molecular weight excluding hydrogens is 176 g/mol. The number of hydrogen-bond acceptors (Lipinski definition) is 1. The van der Waals surface area contributed by atoms with Gasteiger partial charge in [-0.1, -0.05) is 36.8 Å². The zero-order chi connectivity index (χ0) is 8.93. The fourth-order valence-corrected chi connectivity index (χ4v) is 3.87. The molecule has 13 heavy (non-hydrogen) atoms. The van der Waals surface area contributed by atoms with Crippen LogP contribution in [0.1, 0.15) is 18.4 Å². The Morgan fingerprint density at radius 1 is 1.15 bits per heavy atom. The summed E-state index contributed by atoms with van der Waals surface area (Å²) in [6, 6.07) is 13.2. The van der Waals surface area contributed by atoms with Crippen molar-refractivity contribution in [1.82, 2.24) is 0 Å². The molecule has 1 aliphatic heterocycles. The van der Waals surface area contributed by atoms with Crippen molar-refractivity contribution in [2.24, 2.45) is 0 Å². The summed E-state index contributed by atoms with van der Waals surface area (Å²) in [5.41, 5.74) is 1.44. The Balaban J connectivity index is 1.90. The molecule has 0 amide bonds. The molecule has 0 saturated carbocycles. The van der Waals surface area contributed by atoms with Crippen molar-refractivity contribution in [3.05, 3.63) is 35.9 Å². The summed E-state index contributed by atoms with van der Waals surface area (Å²) in [7, 11) is -0.500. The fourth-order valence-electron chi connectivity index (χ4n) is 1.68. The minimum Gasteiger partial charge on any atom is -0.416 e. The maximum atomic E-state index is 5.78. The summed E-state index contributed by atoms with van der Waals surface area (Å²) >= 11 is 0. The van der Waals surface area contributed by atoms with E-state index in [0.717, 1.165) is 6.61 Å². The summed E-state index contributed by atoms with van der Waals surface area (Å²) in [5.74, 6) is 0. The highest BCUT2D eigenvalue weighted by atomic mass is 28.3. The van der Waals surface area contributed by atoms with Crippen LogP contribution in [-0.4, -0.2) is 15.6 Å². The average Bonchev–Trinajstić information content (AvgIpc) is 2.21. The monoisotopic (exact) mass is 191 g/mol. The summed E-state index contributed by atoms with van der Waals surface area (Å²) in [4.78, 5) is 0. The van der Waals surface area contributed by atoms with Gasteiger partial charge in [-0.05, 0) is 24.1 Å². The van der Waals surface area contributed by atoms with Gasteiger partial charge in [-0.25, -0.2) is 0 Å². The van der Waals surface area contributed by atoms with E-state index in [1.54, 1.807) is 0 Å². The summed E-state index contributed by atoms with van der Waals surface area (Å²) in [6.07, 6.45) is 2.64. The van der Waals surface area contributed by atoms with Crippen LogP contribution in [0.3, 0.4) is 0 Å². The van der Waals surface area contributed by atoms with E-state index in [1.165, 1.54) is 30.5 Å². The first-order valence-corrected chi connectivity index (χ1v) is 6.79. The van der Waals surface area contributed by atoms with Crippen LogP contribution in [0.15, 0.2) is 30.3 Å². The molecule has 2 rings (SSSR count). The van der Waals surface area contributed by atoms with Crippen molar-refractivity contribution in [2.45, 2.75) is 24.9 Å². The van der Waals surface area contributed by atoms with Crippen LogP contribution in [0.2, 0.25) is 6.04 Å². The van der Waals surface area contributed by atoms with Gasteiger partial charge in [0.05, 0.1) is 0 Å². The largest absolute Gasteiger partial charge is 0.416 e. The number of hydrogen-bond donors (Lipinski definition) is 0. The van der Waals surface area contributed by atoms with Gasteiger partial charge in [0.1, 0.15) is 0 Å². The maximum Gasteiger partial charge on any atom is 0.215 e. The van der Waals surface area contributed by atoms with Crippen LogP contribution in [0, 0.1) is 0 Å². The first-order chi connectivity index (χ1) is 6.45. The molecule has 1 aromatic carbocycles. The van der Waals surface area contributed by atoms with Crippen LogP contribution >= 0.6 is 0 Å². The normalized spacial score (nSPS) is 18.8. The SMILES string of the molecule is c1ccc(C[Si]2CCCCO2)cc1. The molecule has 1 aliphatic rings. The minimum atomic E-state index is -0.500. The Labute approximate surface area is 81.5 Å². The van der Waals surface area contributed by atoms with E-state index in [2.05, 4.69) is 30.3 Å². The predicted octanol–water partition coefficient (Wildman–Crippen LogP) is 2.57. The van der Waals surface area contributed by atoms with Crippen LogP contribution in [0.4, 0.5) is 0 Å². The molecule has 0 N–H and O–H groups in total. The summed E-state index contributed by atoms with van der Waals surface area (Å²) in [6.45, 7) is 1.00. The lowest BCUT2D eigenvalue weighted by molar-refractivity contribution is 0.286. The zero-order valence-corrected chi connectivity index (χ0v) is 8.83. The lowest BCUT2D eigenvalue weighted by atomic mass is 10.2. The Bertz CT molecular complexity index is 242. The van der Waals surface area contributed by atoms with Crippen LogP contribution in [0.25, 0.3) is 0 Å². The zero-order valence-electron chi connectivity index (χ0n) is 7.83. The second kappa shape index (κ2) is 4.58. The van der Waals surface area contributed by atoms with E-state index < -0.39 is 9.04 Å².